The summed E-state index contributed by atoms with van der Waals surface area (Å²) in [6, 6.07) is 8.35. The Balaban J connectivity index is 0.00000220. The molecule has 0 saturated carbocycles. The summed E-state index contributed by atoms with van der Waals surface area (Å²) in [5.74, 6) is 1.11. The number of nitrogens with zero attached hydrogens (tertiary/aromatic N) is 1. The topological polar surface area (TPSA) is 41.6 Å². The predicted octanol–water partition coefficient (Wildman–Crippen LogP) is 2.26. The van der Waals surface area contributed by atoms with E-state index in [9.17, 15) is 4.79 Å². The van der Waals surface area contributed by atoms with Crippen molar-refractivity contribution in [1.29, 1.82) is 0 Å². The van der Waals surface area contributed by atoms with Crippen molar-refractivity contribution >= 4 is 18.3 Å². The Hall–Kier alpha value is -1.26. The number of nitrogens with one attached hydrogen (secondary N) is 1. The number of amides is 1. The lowest BCUT2D eigenvalue weighted by molar-refractivity contribution is -0.132. The largest absolute Gasteiger partial charge is 0.496 e. The molecule has 5 heteroatoms. The van der Waals surface area contributed by atoms with Crippen LogP contribution in [0.25, 0.3) is 0 Å². The second kappa shape index (κ2) is 8.90. The van der Waals surface area contributed by atoms with Gasteiger partial charge in [0.1, 0.15) is 5.75 Å². The number of aryl methyl sites for hydroxylation is 1. The molecular formula is C16H25ClN2O2. The van der Waals surface area contributed by atoms with Crippen molar-refractivity contribution in [2.24, 2.45) is 0 Å². The Kier molecular flexibility index (Phi) is 7.54. The molecule has 2 rings (SSSR count). The van der Waals surface area contributed by atoms with E-state index in [2.05, 4.69) is 5.32 Å². The number of likely N-dealkylation sites (tertiary alicyclic amines) is 1. The molecular weight excluding hydrogens is 288 g/mol. The van der Waals surface area contributed by atoms with E-state index >= 15 is 0 Å². The SMILES string of the molecule is CNC1CCCN(C(=O)CCc2ccccc2OC)C1.Cl. The summed E-state index contributed by atoms with van der Waals surface area (Å²) in [6.07, 6.45) is 3.54. The highest BCUT2D eigenvalue weighted by molar-refractivity contribution is 5.85. The summed E-state index contributed by atoms with van der Waals surface area (Å²) < 4.78 is 5.32. The highest BCUT2D eigenvalue weighted by atomic mass is 35.5. The van der Waals surface area contributed by atoms with Gasteiger partial charge in [-0.25, -0.2) is 0 Å². The van der Waals surface area contributed by atoms with Crippen LogP contribution in [0.1, 0.15) is 24.8 Å². The fourth-order valence-electron chi connectivity index (χ4n) is 2.75. The number of likely N-dealkylation sites (N-methyl/N-ethyl adjacent to an activating group) is 1. The van der Waals surface area contributed by atoms with Crippen LogP contribution in [0.4, 0.5) is 0 Å². The Bertz CT molecular complexity index is 454. The molecule has 0 aromatic heterocycles. The van der Waals surface area contributed by atoms with Gasteiger partial charge in [0.05, 0.1) is 7.11 Å². The first-order chi connectivity index (χ1) is 9.74. The van der Waals surface area contributed by atoms with Crippen LogP contribution >= 0.6 is 12.4 Å². The fraction of sp³-hybridized carbons (Fsp3) is 0.562. The van der Waals surface area contributed by atoms with E-state index in [-0.39, 0.29) is 18.3 Å². The van der Waals surface area contributed by atoms with Crippen LogP contribution in [-0.4, -0.2) is 44.1 Å². The minimum Gasteiger partial charge on any atom is -0.496 e. The lowest BCUT2D eigenvalue weighted by Crippen LogP contribution is -2.47. The third kappa shape index (κ3) is 4.90. The van der Waals surface area contributed by atoms with E-state index in [0.29, 0.717) is 12.5 Å². The molecule has 1 aliphatic heterocycles. The van der Waals surface area contributed by atoms with Crippen molar-refractivity contribution in [3.05, 3.63) is 29.8 Å². The predicted molar refractivity (Wildman–Crippen MR) is 87.2 cm³/mol. The number of benzene rings is 1. The molecule has 1 amide bonds. The molecule has 0 radical (unpaired) electrons. The summed E-state index contributed by atoms with van der Waals surface area (Å²) in [5.41, 5.74) is 1.10. The molecule has 0 aliphatic carbocycles. The molecule has 1 atom stereocenters. The van der Waals surface area contributed by atoms with Crippen LogP contribution in [0.15, 0.2) is 24.3 Å². The molecule has 21 heavy (non-hydrogen) atoms. The van der Waals surface area contributed by atoms with E-state index in [0.717, 1.165) is 43.7 Å². The highest BCUT2D eigenvalue weighted by Gasteiger charge is 2.22. The summed E-state index contributed by atoms with van der Waals surface area (Å²) in [6.45, 7) is 1.73. The number of carbonyl (C=O) groups is 1. The van der Waals surface area contributed by atoms with Gasteiger partial charge in [0, 0.05) is 25.6 Å². The van der Waals surface area contributed by atoms with E-state index in [4.69, 9.17) is 4.74 Å². The van der Waals surface area contributed by atoms with Crippen LogP contribution in [0.2, 0.25) is 0 Å². The molecule has 4 nitrogen and oxygen atoms in total. The minimum atomic E-state index is 0. The van der Waals surface area contributed by atoms with Gasteiger partial charge >= 0.3 is 0 Å². The zero-order chi connectivity index (χ0) is 14.4. The van der Waals surface area contributed by atoms with Crippen molar-refractivity contribution in [2.45, 2.75) is 31.7 Å². The van der Waals surface area contributed by atoms with E-state index in [1.165, 1.54) is 0 Å². The van der Waals surface area contributed by atoms with Gasteiger partial charge in [0.2, 0.25) is 5.91 Å². The average molecular weight is 313 g/mol. The maximum absolute atomic E-state index is 12.3. The van der Waals surface area contributed by atoms with Crippen LogP contribution in [0, 0.1) is 0 Å². The molecule has 0 bridgehead atoms. The minimum absolute atomic E-state index is 0. The standard InChI is InChI=1S/C16H24N2O2.ClH/c1-17-14-7-5-11-18(12-14)16(19)10-9-13-6-3-4-8-15(13)20-2;/h3-4,6,8,14,17H,5,7,9-12H2,1-2H3;1H. The molecule has 1 saturated heterocycles. The summed E-state index contributed by atoms with van der Waals surface area (Å²) in [7, 11) is 3.64. The fourth-order valence-corrected chi connectivity index (χ4v) is 2.75. The maximum Gasteiger partial charge on any atom is 0.222 e. The first-order valence-corrected chi connectivity index (χ1v) is 7.31. The van der Waals surface area contributed by atoms with Crippen molar-refractivity contribution in [3.8, 4) is 5.75 Å². The third-order valence-electron chi connectivity index (χ3n) is 3.98. The molecule has 1 aromatic carbocycles. The van der Waals surface area contributed by atoms with Gasteiger partial charge in [-0.15, -0.1) is 12.4 Å². The number of halogens is 1. The van der Waals surface area contributed by atoms with Crippen molar-refractivity contribution in [1.82, 2.24) is 10.2 Å². The second-order valence-corrected chi connectivity index (χ2v) is 5.28. The number of para-hydroxylation sites is 1. The van der Waals surface area contributed by atoms with Gasteiger partial charge in [0.15, 0.2) is 0 Å². The zero-order valence-corrected chi connectivity index (χ0v) is 13.6. The molecule has 1 N–H and O–H groups in total. The Morgan fingerprint density at radius 2 is 2.19 bits per heavy atom. The van der Waals surface area contributed by atoms with Crippen LogP contribution in [-0.2, 0) is 11.2 Å². The number of hydrogen-bond donors (Lipinski definition) is 1. The number of ether oxygens (including phenoxy) is 1. The number of piperidine rings is 1. The summed E-state index contributed by atoms with van der Waals surface area (Å²) in [4.78, 5) is 14.3. The van der Waals surface area contributed by atoms with Crippen LogP contribution in [0.5, 0.6) is 5.75 Å². The van der Waals surface area contributed by atoms with Crippen LogP contribution in [0.3, 0.4) is 0 Å². The third-order valence-corrected chi connectivity index (χ3v) is 3.98. The van der Waals surface area contributed by atoms with E-state index in [1.807, 2.05) is 36.2 Å². The monoisotopic (exact) mass is 312 g/mol. The quantitative estimate of drug-likeness (QED) is 0.907. The second-order valence-electron chi connectivity index (χ2n) is 5.28. The molecule has 118 valence electrons. The highest BCUT2D eigenvalue weighted by Crippen LogP contribution is 2.20. The molecule has 1 aliphatic rings. The van der Waals surface area contributed by atoms with Crippen molar-refractivity contribution in [3.63, 3.8) is 0 Å². The number of methoxy groups -OCH3 is 1. The van der Waals surface area contributed by atoms with Gasteiger partial charge in [-0.3, -0.25) is 4.79 Å². The van der Waals surface area contributed by atoms with Crippen molar-refractivity contribution in [2.75, 3.05) is 27.2 Å². The van der Waals surface area contributed by atoms with Gasteiger partial charge in [-0.1, -0.05) is 18.2 Å². The molecule has 1 fully saturated rings. The molecule has 1 aromatic rings. The van der Waals surface area contributed by atoms with Crippen molar-refractivity contribution < 1.29 is 9.53 Å². The normalized spacial score (nSPS) is 18.0. The van der Waals surface area contributed by atoms with Crippen LogP contribution < -0.4 is 10.1 Å². The first kappa shape index (κ1) is 17.8. The van der Waals surface area contributed by atoms with Gasteiger partial charge < -0.3 is 15.0 Å². The lowest BCUT2D eigenvalue weighted by Gasteiger charge is -2.32. The van der Waals surface area contributed by atoms with E-state index < -0.39 is 0 Å². The zero-order valence-electron chi connectivity index (χ0n) is 12.8. The van der Waals surface area contributed by atoms with Gasteiger partial charge in [0.25, 0.3) is 0 Å². The molecule has 1 unspecified atom stereocenters. The Morgan fingerprint density at radius 3 is 2.90 bits per heavy atom. The Labute approximate surface area is 133 Å². The Morgan fingerprint density at radius 1 is 1.43 bits per heavy atom. The first-order valence-electron chi connectivity index (χ1n) is 7.31. The summed E-state index contributed by atoms with van der Waals surface area (Å²) in [5, 5.41) is 3.27. The smallest absolute Gasteiger partial charge is 0.222 e. The van der Waals surface area contributed by atoms with E-state index in [1.54, 1.807) is 7.11 Å². The average Bonchev–Trinajstić information content (AvgIpc) is 2.52. The lowest BCUT2D eigenvalue weighted by atomic mass is 10.0. The van der Waals surface area contributed by atoms with Gasteiger partial charge in [-0.2, -0.15) is 0 Å². The molecule has 0 spiro atoms. The number of carbonyl (C=O) groups excluding carboxylic acids is 1. The number of hydrogen-bond acceptors (Lipinski definition) is 3. The number of rotatable bonds is 5. The maximum atomic E-state index is 12.3. The summed E-state index contributed by atoms with van der Waals surface area (Å²) >= 11 is 0. The molecule has 1 heterocycles. The van der Waals surface area contributed by atoms with Gasteiger partial charge in [-0.05, 0) is 37.9 Å².